The number of nitrogens with zero attached hydrogens (tertiary/aromatic N) is 5. The van der Waals surface area contributed by atoms with Crippen molar-refractivity contribution in [1.29, 1.82) is 0 Å². The predicted octanol–water partition coefficient (Wildman–Crippen LogP) is 1.85. The molecule has 2 N–H and O–H groups in total. The van der Waals surface area contributed by atoms with Crippen LogP contribution in [-0.4, -0.2) is 58.7 Å². The molecule has 0 bridgehead atoms. The summed E-state index contributed by atoms with van der Waals surface area (Å²) >= 11 is 0. The van der Waals surface area contributed by atoms with Gasteiger partial charge in [0.2, 0.25) is 5.88 Å². The standard InChI is InChI=1S/C19H23N7O2.ClH/c1-3-28-19-14-12-13(4-5-15(14)24-25(19)2)18(27)21-16-6-7-17(23-22-16)26-10-8-20-9-11-26;/h4-7,12,20H,3,8-11H2,1-2H3,(H,21,22,27);1H. The summed E-state index contributed by atoms with van der Waals surface area (Å²) in [6.07, 6.45) is 0. The molecule has 0 aliphatic carbocycles. The van der Waals surface area contributed by atoms with Crippen molar-refractivity contribution >= 4 is 40.9 Å². The highest BCUT2D eigenvalue weighted by molar-refractivity contribution is 6.06. The predicted molar refractivity (Wildman–Crippen MR) is 114 cm³/mol. The number of aryl methyl sites for hydroxylation is 1. The number of anilines is 2. The maximum atomic E-state index is 12.7. The van der Waals surface area contributed by atoms with Crippen molar-refractivity contribution in [3.05, 3.63) is 35.9 Å². The van der Waals surface area contributed by atoms with E-state index < -0.39 is 0 Å². The molecule has 0 radical (unpaired) electrons. The van der Waals surface area contributed by atoms with Crippen LogP contribution in [0.15, 0.2) is 30.3 Å². The summed E-state index contributed by atoms with van der Waals surface area (Å²) in [6.45, 7) is 6.10. The van der Waals surface area contributed by atoms with Gasteiger partial charge in [0.1, 0.15) is 0 Å². The molecule has 1 saturated heterocycles. The number of hydrogen-bond acceptors (Lipinski definition) is 7. The van der Waals surface area contributed by atoms with Crippen molar-refractivity contribution in [2.24, 2.45) is 7.05 Å². The Bertz CT molecular complexity index is 984. The van der Waals surface area contributed by atoms with Crippen molar-refractivity contribution in [2.45, 2.75) is 6.92 Å². The van der Waals surface area contributed by atoms with Crippen LogP contribution >= 0.6 is 12.4 Å². The van der Waals surface area contributed by atoms with E-state index in [2.05, 4.69) is 30.8 Å². The number of rotatable bonds is 5. The number of benzene rings is 1. The molecule has 0 spiro atoms. The van der Waals surface area contributed by atoms with E-state index in [-0.39, 0.29) is 18.3 Å². The van der Waals surface area contributed by atoms with Gasteiger partial charge in [-0.15, -0.1) is 22.6 Å². The number of halogens is 1. The SMILES string of the molecule is CCOc1c2cc(C(=O)Nc3ccc(N4CCNCC4)nn3)ccc2nn1C.Cl. The minimum absolute atomic E-state index is 0. The average molecular weight is 418 g/mol. The fraction of sp³-hybridized carbons (Fsp3) is 0.368. The third-order valence-electron chi connectivity index (χ3n) is 4.65. The normalized spacial score (nSPS) is 13.8. The van der Waals surface area contributed by atoms with Crippen LogP contribution in [0.4, 0.5) is 11.6 Å². The summed E-state index contributed by atoms with van der Waals surface area (Å²) in [4.78, 5) is 14.8. The number of fused-ring (bicyclic) bond motifs is 1. The van der Waals surface area contributed by atoms with Crippen LogP contribution in [0.1, 0.15) is 17.3 Å². The van der Waals surface area contributed by atoms with E-state index >= 15 is 0 Å². The fourth-order valence-corrected chi connectivity index (χ4v) is 3.27. The third kappa shape index (κ3) is 4.41. The first-order valence-electron chi connectivity index (χ1n) is 9.36. The molecule has 1 amide bonds. The number of nitrogens with one attached hydrogen (secondary N) is 2. The zero-order chi connectivity index (χ0) is 19.5. The highest BCUT2D eigenvalue weighted by Gasteiger charge is 2.15. The van der Waals surface area contributed by atoms with Gasteiger partial charge in [0, 0.05) is 38.8 Å². The smallest absolute Gasteiger partial charge is 0.256 e. The van der Waals surface area contributed by atoms with Gasteiger partial charge in [0.25, 0.3) is 5.91 Å². The molecule has 0 atom stereocenters. The van der Waals surface area contributed by atoms with E-state index in [1.54, 1.807) is 22.9 Å². The summed E-state index contributed by atoms with van der Waals surface area (Å²) in [5.41, 5.74) is 1.29. The Morgan fingerprint density at radius 1 is 1.21 bits per heavy atom. The number of amides is 1. The van der Waals surface area contributed by atoms with Gasteiger partial charge < -0.3 is 20.3 Å². The molecular formula is C19H24ClN7O2. The molecule has 2 aromatic heterocycles. The average Bonchev–Trinajstić information content (AvgIpc) is 3.04. The quantitative estimate of drug-likeness (QED) is 0.653. The lowest BCUT2D eigenvalue weighted by atomic mass is 10.1. The van der Waals surface area contributed by atoms with E-state index in [0.717, 1.165) is 42.9 Å². The third-order valence-corrected chi connectivity index (χ3v) is 4.65. The van der Waals surface area contributed by atoms with Crippen molar-refractivity contribution in [3.63, 3.8) is 0 Å². The van der Waals surface area contributed by atoms with Crippen LogP contribution in [0.25, 0.3) is 10.9 Å². The lowest BCUT2D eigenvalue weighted by molar-refractivity contribution is 0.102. The molecular weight excluding hydrogens is 394 g/mol. The van der Waals surface area contributed by atoms with E-state index in [1.165, 1.54) is 0 Å². The fourth-order valence-electron chi connectivity index (χ4n) is 3.27. The molecule has 0 unspecified atom stereocenters. The molecule has 1 aliphatic rings. The van der Waals surface area contributed by atoms with Gasteiger partial charge in [-0.2, -0.15) is 5.10 Å². The van der Waals surface area contributed by atoms with Gasteiger partial charge in [0.05, 0.1) is 17.5 Å². The van der Waals surface area contributed by atoms with Crippen molar-refractivity contribution in [3.8, 4) is 5.88 Å². The van der Waals surface area contributed by atoms with Gasteiger partial charge in [-0.3, -0.25) is 4.79 Å². The molecule has 4 rings (SSSR count). The van der Waals surface area contributed by atoms with Crippen LogP contribution in [-0.2, 0) is 7.05 Å². The minimum atomic E-state index is -0.252. The highest BCUT2D eigenvalue weighted by Crippen LogP contribution is 2.26. The van der Waals surface area contributed by atoms with Crippen LogP contribution in [0.2, 0.25) is 0 Å². The number of ether oxygens (including phenoxy) is 1. The molecule has 29 heavy (non-hydrogen) atoms. The molecule has 3 aromatic rings. The Balaban J connectivity index is 0.00000240. The van der Waals surface area contributed by atoms with E-state index in [9.17, 15) is 4.79 Å². The Kier molecular flexibility index (Phi) is 6.50. The summed E-state index contributed by atoms with van der Waals surface area (Å²) in [5, 5.41) is 19.7. The maximum Gasteiger partial charge on any atom is 0.256 e. The second-order valence-electron chi connectivity index (χ2n) is 6.56. The molecule has 154 valence electrons. The number of piperazine rings is 1. The molecule has 1 aliphatic heterocycles. The molecule has 3 heterocycles. The lowest BCUT2D eigenvalue weighted by Crippen LogP contribution is -2.43. The highest BCUT2D eigenvalue weighted by atomic mass is 35.5. The number of hydrogen-bond donors (Lipinski definition) is 2. The molecule has 1 fully saturated rings. The number of carbonyl (C=O) groups excluding carboxylic acids is 1. The molecule has 10 heteroatoms. The van der Waals surface area contributed by atoms with E-state index in [1.807, 2.05) is 26.1 Å². The van der Waals surface area contributed by atoms with Gasteiger partial charge in [-0.25, -0.2) is 4.68 Å². The summed E-state index contributed by atoms with van der Waals surface area (Å²) in [6, 6.07) is 8.99. The second-order valence-corrected chi connectivity index (χ2v) is 6.56. The summed E-state index contributed by atoms with van der Waals surface area (Å²) in [7, 11) is 1.82. The van der Waals surface area contributed by atoms with Gasteiger partial charge in [-0.1, -0.05) is 0 Å². The van der Waals surface area contributed by atoms with Crippen molar-refractivity contribution < 1.29 is 9.53 Å². The van der Waals surface area contributed by atoms with Crippen LogP contribution in [0.3, 0.4) is 0 Å². The second kappa shape index (κ2) is 9.06. The monoisotopic (exact) mass is 417 g/mol. The maximum absolute atomic E-state index is 12.7. The van der Waals surface area contributed by atoms with Crippen molar-refractivity contribution in [2.75, 3.05) is 43.0 Å². The first-order valence-corrected chi connectivity index (χ1v) is 9.36. The zero-order valence-corrected chi connectivity index (χ0v) is 17.2. The van der Waals surface area contributed by atoms with Crippen LogP contribution in [0.5, 0.6) is 5.88 Å². The topological polar surface area (TPSA) is 97.2 Å². The van der Waals surface area contributed by atoms with Crippen LogP contribution < -0.4 is 20.3 Å². The zero-order valence-electron chi connectivity index (χ0n) is 16.4. The van der Waals surface area contributed by atoms with Crippen molar-refractivity contribution in [1.82, 2.24) is 25.3 Å². The largest absolute Gasteiger partial charge is 0.478 e. The summed E-state index contributed by atoms with van der Waals surface area (Å²) < 4.78 is 7.33. The minimum Gasteiger partial charge on any atom is -0.478 e. The van der Waals surface area contributed by atoms with E-state index in [4.69, 9.17) is 4.74 Å². The number of aromatic nitrogens is 4. The Morgan fingerprint density at radius 2 is 2.00 bits per heavy atom. The molecule has 0 saturated carbocycles. The first kappa shape index (κ1) is 20.8. The lowest BCUT2D eigenvalue weighted by Gasteiger charge is -2.27. The summed E-state index contributed by atoms with van der Waals surface area (Å²) in [5.74, 6) is 1.63. The Morgan fingerprint density at radius 3 is 2.69 bits per heavy atom. The Labute approximate surface area is 174 Å². The molecule has 9 nitrogen and oxygen atoms in total. The number of carbonyl (C=O) groups is 1. The van der Waals surface area contributed by atoms with Gasteiger partial charge >= 0.3 is 0 Å². The van der Waals surface area contributed by atoms with Gasteiger partial charge in [-0.05, 0) is 37.3 Å². The van der Waals surface area contributed by atoms with Crippen LogP contribution in [0, 0.1) is 0 Å². The van der Waals surface area contributed by atoms with E-state index in [0.29, 0.717) is 23.9 Å². The molecule has 1 aromatic carbocycles. The van der Waals surface area contributed by atoms with Gasteiger partial charge in [0.15, 0.2) is 11.6 Å². The Hall–Kier alpha value is -2.91. The first-order chi connectivity index (χ1) is 13.7.